The second kappa shape index (κ2) is 11.2. The molecule has 2 aromatic carbocycles. The molecule has 1 aliphatic heterocycles. The Hall–Kier alpha value is -2.55. The number of carbonyl (C=O) groups excluding carboxylic acids is 1. The molecule has 0 unspecified atom stereocenters. The third-order valence-electron chi connectivity index (χ3n) is 4.44. The van der Waals surface area contributed by atoms with Crippen LogP contribution < -0.4 is 14.2 Å². The van der Waals surface area contributed by atoms with Crippen LogP contribution in [0, 0.1) is 6.92 Å². The van der Waals surface area contributed by atoms with Crippen molar-refractivity contribution >= 4 is 40.3 Å². The zero-order valence-electron chi connectivity index (χ0n) is 17.8. The van der Waals surface area contributed by atoms with Gasteiger partial charge in [-0.05, 0) is 48.4 Å². The van der Waals surface area contributed by atoms with Crippen LogP contribution in [-0.4, -0.2) is 55.7 Å². The number of thiocarbonyl (C=S) groups is 1. The Bertz CT molecular complexity index is 976. The first kappa shape index (κ1) is 23.1. The van der Waals surface area contributed by atoms with Crippen molar-refractivity contribution < 1.29 is 23.7 Å². The van der Waals surface area contributed by atoms with E-state index in [0.717, 1.165) is 16.9 Å². The smallest absolute Gasteiger partial charge is 0.265 e. The van der Waals surface area contributed by atoms with E-state index in [-0.39, 0.29) is 5.91 Å². The molecule has 8 heteroatoms. The summed E-state index contributed by atoms with van der Waals surface area (Å²) in [6.45, 7) is 3.80. The van der Waals surface area contributed by atoms with Crippen molar-refractivity contribution in [3.05, 3.63) is 58.5 Å². The predicted octanol–water partition coefficient (Wildman–Crippen LogP) is 4.31. The lowest BCUT2D eigenvalue weighted by Crippen LogP contribution is -2.22. The first-order valence-electron chi connectivity index (χ1n) is 9.77. The van der Waals surface area contributed by atoms with Crippen LogP contribution in [0.15, 0.2) is 47.4 Å². The Labute approximate surface area is 192 Å². The molecule has 0 aliphatic carbocycles. The van der Waals surface area contributed by atoms with Crippen LogP contribution in [0.5, 0.6) is 17.2 Å². The van der Waals surface area contributed by atoms with Crippen LogP contribution in [0.25, 0.3) is 6.08 Å². The number of benzene rings is 2. The summed E-state index contributed by atoms with van der Waals surface area (Å²) in [5, 5.41) is 0. The predicted molar refractivity (Wildman–Crippen MR) is 127 cm³/mol. The lowest BCUT2D eigenvalue weighted by molar-refractivity contribution is -0.121. The van der Waals surface area contributed by atoms with Crippen molar-refractivity contribution in [2.24, 2.45) is 0 Å². The highest BCUT2D eigenvalue weighted by Gasteiger charge is 2.28. The van der Waals surface area contributed by atoms with E-state index in [1.165, 1.54) is 16.7 Å². The second-order valence-corrected chi connectivity index (χ2v) is 8.45. The maximum absolute atomic E-state index is 12.2. The highest BCUT2D eigenvalue weighted by atomic mass is 32.2. The highest BCUT2D eigenvalue weighted by Crippen LogP contribution is 2.34. The van der Waals surface area contributed by atoms with Gasteiger partial charge in [-0.1, -0.05) is 42.2 Å². The second-order valence-electron chi connectivity index (χ2n) is 6.78. The van der Waals surface area contributed by atoms with Crippen molar-refractivity contribution in [1.82, 2.24) is 4.90 Å². The molecule has 6 nitrogen and oxygen atoms in total. The maximum atomic E-state index is 12.2. The fourth-order valence-corrected chi connectivity index (χ4v) is 4.01. The van der Waals surface area contributed by atoms with E-state index in [1.54, 1.807) is 20.2 Å². The highest BCUT2D eigenvalue weighted by molar-refractivity contribution is 8.26. The summed E-state index contributed by atoms with van der Waals surface area (Å²) in [5.41, 5.74) is 2.00. The molecule has 2 aromatic rings. The number of aryl methyl sites for hydroxylation is 1. The lowest BCUT2D eigenvalue weighted by Gasteiger charge is -2.12. The standard InChI is InChI=1S/C23H25NO5S2/c1-16-5-4-6-18(13-16)28-11-9-27-10-12-29-19-8-7-17(14-20(19)26-3)15-21-22(25)24(2)23(30)31-21/h4-8,13-15H,9-12H2,1-3H3/b21-15+. The van der Waals surface area contributed by atoms with Gasteiger partial charge in [-0.2, -0.15) is 0 Å². The number of thioether (sulfide) groups is 1. The van der Waals surface area contributed by atoms with E-state index in [0.29, 0.717) is 47.2 Å². The zero-order valence-corrected chi connectivity index (χ0v) is 19.4. The summed E-state index contributed by atoms with van der Waals surface area (Å²) < 4.78 is 23.0. The minimum Gasteiger partial charge on any atom is -0.493 e. The Morgan fingerprint density at radius 1 is 1.03 bits per heavy atom. The summed E-state index contributed by atoms with van der Waals surface area (Å²) in [4.78, 5) is 14.2. The Balaban J connectivity index is 1.44. The van der Waals surface area contributed by atoms with E-state index in [2.05, 4.69) is 0 Å². The summed E-state index contributed by atoms with van der Waals surface area (Å²) in [6.07, 6.45) is 1.80. The third-order valence-corrected chi connectivity index (χ3v) is 5.93. The largest absolute Gasteiger partial charge is 0.493 e. The van der Waals surface area contributed by atoms with Crippen LogP contribution in [0.2, 0.25) is 0 Å². The molecule has 31 heavy (non-hydrogen) atoms. The number of carbonyl (C=O) groups is 1. The normalized spacial score (nSPS) is 14.9. The van der Waals surface area contributed by atoms with Gasteiger partial charge in [0.2, 0.25) is 0 Å². The van der Waals surface area contributed by atoms with Crippen LogP contribution >= 0.6 is 24.0 Å². The molecule has 1 amide bonds. The van der Waals surface area contributed by atoms with Gasteiger partial charge in [0.25, 0.3) is 5.91 Å². The molecule has 3 rings (SSSR count). The van der Waals surface area contributed by atoms with Crippen LogP contribution in [0.3, 0.4) is 0 Å². The van der Waals surface area contributed by atoms with Gasteiger partial charge in [0.15, 0.2) is 11.5 Å². The molecule has 0 saturated carbocycles. The number of hydrogen-bond acceptors (Lipinski definition) is 7. The molecule has 1 saturated heterocycles. The molecule has 0 aromatic heterocycles. The summed E-state index contributed by atoms with van der Waals surface area (Å²) in [5.74, 6) is 1.94. The fourth-order valence-electron chi connectivity index (χ4n) is 2.83. The van der Waals surface area contributed by atoms with E-state index < -0.39 is 0 Å². The summed E-state index contributed by atoms with van der Waals surface area (Å²) in [6, 6.07) is 13.4. The molecule has 0 bridgehead atoms. The zero-order chi connectivity index (χ0) is 22.2. The number of likely N-dealkylation sites (N-methyl/N-ethyl adjacent to an activating group) is 1. The first-order chi connectivity index (χ1) is 15.0. The van der Waals surface area contributed by atoms with Crippen molar-refractivity contribution in [3.8, 4) is 17.2 Å². The first-order valence-corrected chi connectivity index (χ1v) is 11.0. The number of nitrogens with zero attached hydrogens (tertiary/aromatic N) is 1. The molecular weight excluding hydrogens is 434 g/mol. The molecule has 0 atom stereocenters. The quantitative estimate of drug-likeness (QED) is 0.298. The molecular formula is C23H25NO5S2. The van der Waals surface area contributed by atoms with Crippen LogP contribution in [-0.2, 0) is 9.53 Å². The number of rotatable bonds is 10. The van der Waals surface area contributed by atoms with Crippen molar-refractivity contribution in [1.29, 1.82) is 0 Å². The fraction of sp³-hybridized carbons (Fsp3) is 0.304. The molecule has 164 valence electrons. The molecule has 1 aliphatic rings. The molecule has 1 fully saturated rings. The van der Waals surface area contributed by atoms with Gasteiger partial charge in [-0.15, -0.1) is 0 Å². The van der Waals surface area contributed by atoms with Gasteiger partial charge < -0.3 is 18.9 Å². The SMILES string of the molecule is COc1cc(/C=C2/SC(=S)N(C)C2=O)ccc1OCCOCCOc1cccc(C)c1. The van der Waals surface area contributed by atoms with Gasteiger partial charge in [0.1, 0.15) is 23.3 Å². The van der Waals surface area contributed by atoms with Crippen LogP contribution in [0.1, 0.15) is 11.1 Å². The molecule has 0 spiro atoms. The van der Waals surface area contributed by atoms with E-state index in [4.69, 9.17) is 31.2 Å². The average Bonchev–Trinajstić information content (AvgIpc) is 3.00. The van der Waals surface area contributed by atoms with Crippen molar-refractivity contribution in [3.63, 3.8) is 0 Å². The van der Waals surface area contributed by atoms with E-state index >= 15 is 0 Å². The number of methoxy groups -OCH3 is 1. The molecule has 0 radical (unpaired) electrons. The Morgan fingerprint density at radius 2 is 1.81 bits per heavy atom. The summed E-state index contributed by atoms with van der Waals surface area (Å²) in [7, 11) is 3.25. The van der Waals surface area contributed by atoms with Gasteiger partial charge in [-0.3, -0.25) is 9.69 Å². The Kier molecular flexibility index (Phi) is 8.34. The average molecular weight is 460 g/mol. The van der Waals surface area contributed by atoms with E-state index in [9.17, 15) is 4.79 Å². The van der Waals surface area contributed by atoms with Gasteiger partial charge in [0.05, 0.1) is 25.2 Å². The maximum Gasteiger partial charge on any atom is 0.265 e. The molecule has 0 N–H and O–H groups in total. The minimum absolute atomic E-state index is 0.0992. The molecule has 1 heterocycles. The van der Waals surface area contributed by atoms with Gasteiger partial charge in [0, 0.05) is 7.05 Å². The summed E-state index contributed by atoms with van der Waals surface area (Å²) >= 11 is 6.45. The lowest BCUT2D eigenvalue weighted by atomic mass is 10.2. The number of amides is 1. The Morgan fingerprint density at radius 3 is 2.48 bits per heavy atom. The number of hydrogen-bond donors (Lipinski definition) is 0. The van der Waals surface area contributed by atoms with Crippen LogP contribution in [0.4, 0.5) is 0 Å². The topological polar surface area (TPSA) is 57.2 Å². The van der Waals surface area contributed by atoms with Crippen molar-refractivity contribution in [2.75, 3.05) is 40.6 Å². The monoisotopic (exact) mass is 459 g/mol. The van der Waals surface area contributed by atoms with Gasteiger partial charge in [-0.25, -0.2) is 0 Å². The van der Waals surface area contributed by atoms with Crippen molar-refractivity contribution in [2.45, 2.75) is 6.92 Å². The van der Waals surface area contributed by atoms with Gasteiger partial charge >= 0.3 is 0 Å². The number of ether oxygens (including phenoxy) is 4. The minimum atomic E-state index is -0.0992. The third kappa shape index (κ3) is 6.46. The van der Waals surface area contributed by atoms with E-state index in [1.807, 2.05) is 49.4 Å².